The fourth-order valence-corrected chi connectivity index (χ4v) is 3.40. The molecule has 1 unspecified atom stereocenters. The van der Waals surface area contributed by atoms with Gasteiger partial charge in [0.05, 0.1) is 12.0 Å². The predicted octanol–water partition coefficient (Wildman–Crippen LogP) is 2.44. The van der Waals surface area contributed by atoms with Crippen molar-refractivity contribution in [2.45, 2.75) is 18.9 Å². The smallest absolute Gasteiger partial charge is 0.134 e. The quantitative estimate of drug-likeness (QED) is 0.878. The van der Waals surface area contributed by atoms with Gasteiger partial charge >= 0.3 is 0 Å². The molecule has 1 aliphatic rings. The molecule has 1 aromatic heterocycles. The van der Waals surface area contributed by atoms with Crippen molar-refractivity contribution in [3.63, 3.8) is 0 Å². The molecule has 0 saturated carbocycles. The highest BCUT2D eigenvalue weighted by molar-refractivity contribution is 7.10. The zero-order valence-corrected chi connectivity index (χ0v) is 10.7. The second kappa shape index (κ2) is 5.66. The summed E-state index contributed by atoms with van der Waals surface area (Å²) in [6, 6.07) is 2.45. The standard InChI is InChI=1S/C12H19NO2S/c1-13-11(9-3-6-15-7-4-9)12-10(14-2)5-8-16-12/h5,8-9,11,13H,3-4,6-7H2,1-2H3. The third-order valence-corrected chi connectivity index (χ3v) is 4.19. The van der Waals surface area contributed by atoms with Crippen LogP contribution < -0.4 is 10.1 Å². The molecule has 0 radical (unpaired) electrons. The SMILES string of the molecule is CNC(c1sccc1OC)C1CCOCC1. The molecule has 0 spiro atoms. The molecular formula is C12H19NO2S. The Labute approximate surface area is 101 Å². The van der Waals surface area contributed by atoms with Gasteiger partial charge in [-0.1, -0.05) is 0 Å². The van der Waals surface area contributed by atoms with Crippen LogP contribution in [0, 0.1) is 5.92 Å². The Kier molecular flexibility index (Phi) is 4.21. The van der Waals surface area contributed by atoms with E-state index in [0.29, 0.717) is 12.0 Å². The fraction of sp³-hybridized carbons (Fsp3) is 0.667. The first-order chi connectivity index (χ1) is 7.86. The molecule has 0 aliphatic carbocycles. The lowest BCUT2D eigenvalue weighted by molar-refractivity contribution is 0.0547. The molecule has 0 aromatic carbocycles. The van der Waals surface area contributed by atoms with Crippen molar-refractivity contribution in [1.29, 1.82) is 0 Å². The molecule has 0 bridgehead atoms. The summed E-state index contributed by atoms with van der Waals surface area (Å²) in [5, 5.41) is 5.52. The van der Waals surface area contributed by atoms with Crippen molar-refractivity contribution in [3.8, 4) is 5.75 Å². The Balaban J connectivity index is 2.14. The van der Waals surface area contributed by atoms with Crippen LogP contribution in [0.4, 0.5) is 0 Å². The minimum absolute atomic E-state index is 0.402. The monoisotopic (exact) mass is 241 g/mol. The normalized spacial score (nSPS) is 19.6. The zero-order valence-electron chi connectivity index (χ0n) is 9.86. The van der Waals surface area contributed by atoms with Crippen molar-refractivity contribution < 1.29 is 9.47 Å². The topological polar surface area (TPSA) is 30.5 Å². The lowest BCUT2D eigenvalue weighted by Crippen LogP contribution is -2.29. The van der Waals surface area contributed by atoms with Gasteiger partial charge in [0, 0.05) is 19.3 Å². The van der Waals surface area contributed by atoms with Crippen LogP contribution in [0.15, 0.2) is 11.4 Å². The minimum Gasteiger partial charge on any atom is -0.496 e. The molecule has 16 heavy (non-hydrogen) atoms. The van der Waals surface area contributed by atoms with E-state index in [1.54, 1.807) is 18.4 Å². The molecule has 0 amide bonds. The van der Waals surface area contributed by atoms with Gasteiger partial charge < -0.3 is 14.8 Å². The van der Waals surface area contributed by atoms with Crippen LogP contribution >= 0.6 is 11.3 Å². The van der Waals surface area contributed by atoms with E-state index in [2.05, 4.69) is 10.7 Å². The van der Waals surface area contributed by atoms with Gasteiger partial charge in [0.25, 0.3) is 0 Å². The second-order valence-corrected chi connectivity index (χ2v) is 5.02. The van der Waals surface area contributed by atoms with Crippen molar-refractivity contribution in [3.05, 3.63) is 16.3 Å². The highest BCUT2D eigenvalue weighted by Gasteiger charge is 2.27. The maximum absolute atomic E-state index is 5.41. The average molecular weight is 241 g/mol. The molecule has 1 fully saturated rings. The highest BCUT2D eigenvalue weighted by Crippen LogP contribution is 2.38. The Morgan fingerprint density at radius 3 is 2.88 bits per heavy atom. The van der Waals surface area contributed by atoms with E-state index in [1.165, 1.54) is 4.88 Å². The predicted molar refractivity (Wildman–Crippen MR) is 66.2 cm³/mol. The van der Waals surface area contributed by atoms with E-state index in [1.807, 2.05) is 13.1 Å². The Hall–Kier alpha value is -0.580. The van der Waals surface area contributed by atoms with Gasteiger partial charge in [0.2, 0.25) is 0 Å². The van der Waals surface area contributed by atoms with E-state index in [0.717, 1.165) is 31.8 Å². The van der Waals surface area contributed by atoms with Crippen LogP contribution in [0.1, 0.15) is 23.8 Å². The molecule has 4 heteroatoms. The van der Waals surface area contributed by atoms with Crippen molar-refractivity contribution in [2.24, 2.45) is 5.92 Å². The molecule has 90 valence electrons. The lowest BCUT2D eigenvalue weighted by atomic mass is 9.90. The minimum atomic E-state index is 0.402. The number of nitrogens with one attached hydrogen (secondary N) is 1. The number of rotatable bonds is 4. The number of hydrogen-bond donors (Lipinski definition) is 1. The summed E-state index contributed by atoms with van der Waals surface area (Å²) in [6.07, 6.45) is 2.26. The average Bonchev–Trinajstić information content (AvgIpc) is 2.80. The maximum atomic E-state index is 5.41. The summed E-state index contributed by atoms with van der Waals surface area (Å²) in [6.45, 7) is 1.77. The second-order valence-electron chi connectivity index (χ2n) is 4.07. The van der Waals surface area contributed by atoms with Gasteiger partial charge in [-0.25, -0.2) is 0 Å². The number of methoxy groups -OCH3 is 1. The summed E-state index contributed by atoms with van der Waals surface area (Å²) < 4.78 is 10.8. The number of ether oxygens (including phenoxy) is 2. The molecule has 2 heterocycles. The highest BCUT2D eigenvalue weighted by atomic mass is 32.1. The summed E-state index contributed by atoms with van der Waals surface area (Å²) in [5.41, 5.74) is 0. The van der Waals surface area contributed by atoms with Gasteiger partial charge in [-0.2, -0.15) is 0 Å². The van der Waals surface area contributed by atoms with E-state index in [9.17, 15) is 0 Å². The molecule has 1 saturated heterocycles. The van der Waals surface area contributed by atoms with Gasteiger partial charge in [0.15, 0.2) is 0 Å². The third-order valence-electron chi connectivity index (χ3n) is 3.21. The molecule has 3 nitrogen and oxygen atoms in total. The summed E-state index contributed by atoms with van der Waals surface area (Å²) >= 11 is 1.77. The summed E-state index contributed by atoms with van der Waals surface area (Å²) in [5.74, 6) is 1.67. The maximum Gasteiger partial charge on any atom is 0.134 e. The Morgan fingerprint density at radius 1 is 1.50 bits per heavy atom. The molecule has 2 rings (SSSR count). The van der Waals surface area contributed by atoms with Crippen molar-refractivity contribution in [1.82, 2.24) is 5.32 Å². The number of thiophene rings is 1. The van der Waals surface area contributed by atoms with E-state index in [4.69, 9.17) is 9.47 Å². The lowest BCUT2D eigenvalue weighted by Gasteiger charge is -2.29. The molecule has 1 atom stereocenters. The van der Waals surface area contributed by atoms with Crippen LogP contribution in [-0.4, -0.2) is 27.4 Å². The van der Waals surface area contributed by atoms with E-state index in [-0.39, 0.29) is 0 Å². The van der Waals surface area contributed by atoms with Gasteiger partial charge in [-0.05, 0) is 37.3 Å². The largest absolute Gasteiger partial charge is 0.496 e. The molecule has 1 aliphatic heterocycles. The van der Waals surface area contributed by atoms with Crippen molar-refractivity contribution >= 4 is 11.3 Å². The molecule has 1 aromatic rings. The van der Waals surface area contributed by atoms with Crippen LogP contribution in [0.5, 0.6) is 5.75 Å². The molecule has 1 N–H and O–H groups in total. The fourth-order valence-electron chi connectivity index (χ4n) is 2.33. The summed E-state index contributed by atoms with van der Waals surface area (Å²) in [7, 11) is 3.77. The third kappa shape index (κ3) is 2.39. The number of hydrogen-bond acceptors (Lipinski definition) is 4. The zero-order chi connectivity index (χ0) is 11.4. The van der Waals surface area contributed by atoms with Crippen LogP contribution in [0.3, 0.4) is 0 Å². The first-order valence-electron chi connectivity index (χ1n) is 5.73. The van der Waals surface area contributed by atoms with Gasteiger partial charge in [-0.15, -0.1) is 11.3 Å². The van der Waals surface area contributed by atoms with Crippen molar-refractivity contribution in [2.75, 3.05) is 27.4 Å². The first kappa shape index (κ1) is 11.9. The van der Waals surface area contributed by atoms with Crippen LogP contribution in [0.25, 0.3) is 0 Å². The first-order valence-corrected chi connectivity index (χ1v) is 6.61. The molecular weight excluding hydrogens is 222 g/mol. The van der Waals surface area contributed by atoms with Gasteiger partial charge in [-0.3, -0.25) is 0 Å². The Morgan fingerprint density at radius 2 is 2.25 bits per heavy atom. The van der Waals surface area contributed by atoms with E-state index >= 15 is 0 Å². The Bertz CT molecular complexity index is 321. The van der Waals surface area contributed by atoms with E-state index < -0.39 is 0 Å². The summed E-state index contributed by atoms with van der Waals surface area (Å²) in [4.78, 5) is 1.32. The van der Waals surface area contributed by atoms with Crippen LogP contribution in [-0.2, 0) is 4.74 Å². The van der Waals surface area contributed by atoms with Gasteiger partial charge in [0.1, 0.15) is 5.75 Å². The van der Waals surface area contributed by atoms with Crippen LogP contribution in [0.2, 0.25) is 0 Å².